The third kappa shape index (κ3) is 2.88. The summed E-state index contributed by atoms with van der Waals surface area (Å²) in [5.74, 6) is 0.739. The molecular formula is C15H16ClN5O. The van der Waals surface area contributed by atoms with Crippen molar-refractivity contribution in [2.75, 3.05) is 19.0 Å². The summed E-state index contributed by atoms with van der Waals surface area (Å²) < 4.78 is 6.88. The second-order valence-corrected chi connectivity index (χ2v) is 5.43. The molecule has 114 valence electrons. The number of anilines is 1. The zero-order valence-electron chi connectivity index (χ0n) is 12.3. The highest BCUT2D eigenvalue weighted by Crippen LogP contribution is 2.23. The highest BCUT2D eigenvalue weighted by molar-refractivity contribution is 6.30. The molecule has 1 atom stereocenters. The molecule has 22 heavy (non-hydrogen) atoms. The molecule has 2 aromatic heterocycles. The lowest BCUT2D eigenvalue weighted by Crippen LogP contribution is -2.21. The third-order valence-electron chi connectivity index (χ3n) is 3.22. The SMILES string of the molecule is COC[C@@H](C)Nc1ncnc2c1cnn2-c1cccc(Cl)c1. The minimum absolute atomic E-state index is 0.137. The van der Waals surface area contributed by atoms with Crippen molar-refractivity contribution < 1.29 is 4.74 Å². The maximum Gasteiger partial charge on any atom is 0.168 e. The lowest BCUT2D eigenvalue weighted by molar-refractivity contribution is 0.190. The first kappa shape index (κ1) is 14.7. The average Bonchev–Trinajstić information content (AvgIpc) is 2.92. The Morgan fingerprint density at radius 3 is 3.00 bits per heavy atom. The fourth-order valence-electron chi connectivity index (χ4n) is 2.28. The first-order valence-electron chi connectivity index (χ1n) is 6.89. The number of hydrogen-bond donors (Lipinski definition) is 1. The summed E-state index contributed by atoms with van der Waals surface area (Å²) >= 11 is 6.05. The van der Waals surface area contributed by atoms with Crippen LogP contribution in [-0.4, -0.2) is 39.5 Å². The van der Waals surface area contributed by atoms with Gasteiger partial charge in [0.25, 0.3) is 0 Å². The molecule has 3 rings (SSSR count). The quantitative estimate of drug-likeness (QED) is 0.784. The molecule has 0 bridgehead atoms. The fraction of sp³-hybridized carbons (Fsp3) is 0.267. The van der Waals surface area contributed by atoms with Crippen molar-refractivity contribution in [3.05, 3.63) is 41.8 Å². The lowest BCUT2D eigenvalue weighted by atomic mass is 10.3. The van der Waals surface area contributed by atoms with Gasteiger partial charge in [-0.1, -0.05) is 17.7 Å². The predicted molar refractivity (Wildman–Crippen MR) is 86.6 cm³/mol. The monoisotopic (exact) mass is 317 g/mol. The molecule has 0 saturated heterocycles. The van der Waals surface area contributed by atoms with Gasteiger partial charge < -0.3 is 10.1 Å². The van der Waals surface area contributed by atoms with Gasteiger partial charge in [0.1, 0.15) is 12.1 Å². The molecule has 0 aliphatic carbocycles. The molecule has 0 spiro atoms. The van der Waals surface area contributed by atoms with Crippen molar-refractivity contribution in [2.45, 2.75) is 13.0 Å². The van der Waals surface area contributed by atoms with Crippen LogP contribution >= 0.6 is 11.6 Å². The van der Waals surface area contributed by atoms with Crippen LogP contribution in [0.15, 0.2) is 36.8 Å². The number of ether oxygens (including phenoxy) is 1. The van der Waals surface area contributed by atoms with Crippen LogP contribution < -0.4 is 5.32 Å². The van der Waals surface area contributed by atoms with Gasteiger partial charge in [0.2, 0.25) is 0 Å². The molecule has 0 fully saturated rings. The molecule has 1 aromatic carbocycles. The zero-order valence-corrected chi connectivity index (χ0v) is 13.1. The van der Waals surface area contributed by atoms with Gasteiger partial charge in [0, 0.05) is 18.2 Å². The highest BCUT2D eigenvalue weighted by Gasteiger charge is 2.12. The molecule has 0 aliphatic heterocycles. The maximum atomic E-state index is 6.05. The van der Waals surface area contributed by atoms with Gasteiger partial charge in [0.05, 0.1) is 23.9 Å². The standard InChI is InChI=1S/C15H16ClN5O/c1-10(8-22-2)20-14-13-7-19-21(15(13)18-9-17-14)12-5-3-4-11(16)6-12/h3-7,9-10H,8H2,1-2H3,(H,17,18,20)/t10-/m1/s1. The van der Waals surface area contributed by atoms with E-state index in [1.54, 1.807) is 18.0 Å². The largest absolute Gasteiger partial charge is 0.383 e. The second kappa shape index (κ2) is 6.29. The summed E-state index contributed by atoms with van der Waals surface area (Å²) in [5, 5.41) is 9.22. The van der Waals surface area contributed by atoms with E-state index < -0.39 is 0 Å². The first-order chi connectivity index (χ1) is 10.7. The van der Waals surface area contributed by atoms with Crippen LogP contribution in [0.4, 0.5) is 5.82 Å². The minimum Gasteiger partial charge on any atom is -0.383 e. The highest BCUT2D eigenvalue weighted by atomic mass is 35.5. The Morgan fingerprint density at radius 2 is 2.23 bits per heavy atom. The van der Waals surface area contributed by atoms with E-state index >= 15 is 0 Å². The fourth-order valence-corrected chi connectivity index (χ4v) is 2.47. The molecule has 1 N–H and O–H groups in total. The van der Waals surface area contributed by atoms with Gasteiger partial charge >= 0.3 is 0 Å². The number of methoxy groups -OCH3 is 1. The Kier molecular flexibility index (Phi) is 4.22. The topological polar surface area (TPSA) is 64.9 Å². The summed E-state index contributed by atoms with van der Waals surface area (Å²) in [5.41, 5.74) is 1.58. The summed E-state index contributed by atoms with van der Waals surface area (Å²) in [7, 11) is 1.67. The van der Waals surface area contributed by atoms with Crippen molar-refractivity contribution >= 4 is 28.5 Å². The van der Waals surface area contributed by atoms with E-state index in [2.05, 4.69) is 20.4 Å². The van der Waals surface area contributed by atoms with Crippen LogP contribution in [0.1, 0.15) is 6.92 Å². The summed E-state index contributed by atoms with van der Waals surface area (Å²) in [6.45, 7) is 2.62. The van der Waals surface area contributed by atoms with Crippen LogP contribution in [0.5, 0.6) is 0 Å². The van der Waals surface area contributed by atoms with Gasteiger partial charge in [-0.25, -0.2) is 14.6 Å². The first-order valence-corrected chi connectivity index (χ1v) is 7.27. The number of fused-ring (bicyclic) bond motifs is 1. The van der Waals surface area contributed by atoms with Crippen LogP contribution in [-0.2, 0) is 4.74 Å². The summed E-state index contributed by atoms with van der Waals surface area (Å²) in [6, 6.07) is 7.62. The predicted octanol–water partition coefficient (Wildman–Crippen LogP) is 2.92. The van der Waals surface area contributed by atoms with Crippen LogP contribution in [0.3, 0.4) is 0 Å². The zero-order chi connectivity index (χ0) is 15.5. The molecule has 7 heteroatoms. The molecular weight excluding hydrogens is 302 g/mol. The van der Waals surface area contributed by atoms with E-state index in [9.17, 15) is 0 Å². The number of nitrogens with one attached hydrogen (secondary N) is 1. The molecule has 0 radical (unpaired) electrons. The van der Waals surface area contributed by atoms with Crippen LogP contribution in [0, 0.1) is 0 Å². The van der Waals surface area contributed by atoms with Crippen molar-refractivity contribution in [3.63, 3.8) is 0 Å². The number of rotatable bonds is 5. The van der Waals surface area contributed by atoms with Crippen molar-refractivity contribution in [2.24, 2.45) is 0 Å². The molecule has 3 aromatic rings. The van der Waals surface area contributed by atoms with Gasteiger partial charge in [-0.3, -0.25) is 0 Å². The van der Waals surface area contributed by atoms with Gasteiger partial charge in [-0.15, -0.1) is 0 Å². The second-order valence-electron chi connectivity index (χ2n) is 5.00. The molecule has 0 aliphatic rings. The number of nitrogens with zero attached hydrogens (tertiary/aromatic N) is 4. The maximum absolute atomic E-state index is 6.05. The van der Waals surface area contributed by atoms with Gasteiger partial charge in [0.15, 0.2) is 5.65 Å². The van der Waals surface area contributed by atoms with E-state index in [1.165, 1.54) is 6.33 Å². The average molecular weight is 318 g/mol. The van der Waals surface area contributed by atoms with Crippen molar-refractivity contribution in [3.8, 4) is 5.69 Å². The van der Waals surface area contributed by atoms with Gasteiger partial charge in [-0.05, 0) is 25.1 Å². The Morgan fingerprint density at radius 1 is 1.36 bits per heavy atom. The lowest BCUT2D eigenvalue weighted by Gasteiger charge is -2.13. The number of benzene rings is 1. The number of halogens is 1. The Balaban J connectivity index is 2.02. The Hall–Kier alpha value is -2.18. The Bertz CT molecular complexity index is 788. The minimum atomic E-state index is 0.137. The summed E-state index contributed by atoms with van der Waals surface area (Å²) in [6.07, 6.45) is 3.27. The molecule has 2 heterocycles. The van der Waals surface area contributed by atoms with E-state index in [1.807, 2.05) is 31.2 Å². The molecule has 0 saturated carbocycles. The molecule has 0 unspecified atom stereocenters. The van der Waals surface area contributed by atoms with E-state index in [0.29, 0.717) is 11.6 Å². The number of hydrogen-bond acceptors (Lipinski definition) is 5. The number of aromatic nitrogens is 4. The van der Waals surface area contributed by atoms with E-state index in [4.69, 9.17) is 16.3 Å². The molecule has 6 nitrogen and oxygen atoms in total. The van der Waals surface area contributed by atoms with E-state index in [0.717, 1.165) is 22.5 Å². The molecule has 0 amide bonds. The normalized spacial score (nSPS) is 12.5. The smallest absolute Gasteiger partial charge is 0.168 e. The van der Waals surface area contributed by atoms with Crippen molar-refractivity contribution in [1.82, 2.24) is 19.7 Å². The van der Waals surface area contributed by atoms with Crippen LogP contribution in [0.25, 0.3) is 16.7 Å². The third-order valence-corrected chi connectivity index (χ3v) is 3.45. The van der Waals surface area contributed by atoms with E-state index in [-0.39, 0.29) is 6.04 Å². The van der Waals surface area contributed by atoms with Crippen LogP contribution in [0.2, 0.25) is 5.02 Å². The Labute approximate surface area is 133 Å². The van der Waals surface area contributed by atoms with Crippen molar-refractivity contribution in [1.29, 1.82) is 0 Å². The summed E-state index contributed by atoms with van der Waals surface area (Å²) in [4.78, 5) is 8.63. The van der Waals surface area contributed by atoms with Gasteiger partial charge in [-0.2, -0.15) is 5.10 Å².